The van der Waals surface area contributed by atoms with Gasteiger partial charge in [-0.25, -0.2) is 0 Å². The van der Waals surface area contributed by atoms with Crippen molar-refractivity contribution in [1.82, 2.24) is 4.98 Å². The van der Waals surface area contributed by atoms with Gasteiger partial charge in [0.1, 0.15) is 12.4 Å². The molecule has 96 valence electrons. The highest BCUT2D eigenvalue weighted by Crippen LogP contribution is 2.15. The maximum atomic E-state index is 8.58. The summed E-state index contributed by atoms with van der Waals surface area (Å²) in [4.78, 5) is 4.19. The van der Waals surface area contributed by atoms with E-state index in [0.29, 0.717) is 13.0 Å². The van der Waals surface area contributed by atoms with E-state index in [4.69, 9.17) is 15.8 Å². The van der Waals surface area contributed by atoms with Gasteiger partial charge in [-0.3, -0.25) is 10.8 Å². The van der Waals surface area contributed by atoms with Crippen LogP contribution in [0.2, 0.25) is 0 Å². The number of nitriles is 1. The first kappa shape index (κ1) is 12.9. The van der Waals surface area contributed by atoms with Crippen molar-refractivity contribution >= 4 is 5.69 Å². The molecule has 2 aromatic rings. The van der Waals surface area contributed by atoms with Crippen LogP contribution in [-0.4, -0.2) is 4.98 Å². The van der Waals surface area contributed by atoms with Crippen molar-refractivity contribution < 1.29 is 4.74 Å². The molecule has 0 aliphatic rings. The lowest BCUT2D eigenvalue weighted by Gasteiger charge is -2.07. The van der Waals surface area contributed by atoms with Crippen LogP contribution in [0.5, 0.6) is 5.75 Å². The van der Waals surface area contributed by atoms with E-state index in [-0.39, 0.29) is 0 Å². The number of hydrogen-bond acceptors (Lipinski definition) is 5. The fourth-order valence-corrected chi connectivity index (χ4v) is 1.60. The van der Waals surface area contributed by atoms with E-state index in [2.05, 4.69) is 16.5 Å². The van der Waals surface area contributed by atoms with Crippen LogP contribution in [0.25, 0.3) is 0 Å². The maximum Gasteiger partial charge on any atom is 0.130 e. The summed E-state index contributed by atoms with van der Waals surface area (Å²) in [5, 5.41) is 8.58. The molecule has 1 aromatic heterocycles. The number of pyridine rings is 1. The highest BCUT2D eigenvalue weighted by atomic mass is 16.5. The molecular weight excluding hydrogens is 240 g/mol. The van der Waals surface area contributed by atoms with E-state index in [1.54, 1.807) is 12.3 Å². The molecule has 5 nitrogen and oxygen atoms in total. The fourth-order valence-electron chi connectivity index (χ4n) is 1.60. The van der Waals surface area contributed by atoms with Gasteiger partial charge in [-0.2, -0.15) is 5.26 Å². The first-order chi connectivity index (χ1) is 9.31. The quantitative estimate of drug-likeness (QED) is 0.630. The maximum absolute atomic E-state index is 8.58. The van der Waals surface area contributed by atoms with Crippen molar-refractivity contribution in [2.45, 2.75) is 13.0 Å². The van der Waals surface area contributed by atoms with Crippen molar-refractivity contribution in [3.05, 3.63) is 53.9 Å². The van der Waals surface area contributed by atoms with Gasteiger partial charge in [0, 0.05) is 6.20 Å². The molecule has 2 rings (SSSR count). The molecule has 0 unspecified atom stereocenters. The van der Waals surface area contributed by atoms with Crippen LogP contribution in [-0.2, 0) is 13.0 Å². The standard InChI is InChI=1S/C14H14N4O/c15-7-5-11-1-3-14(4-2-11)19-10-13-9-12(18-16)6-8-17-13/h1-4,6,8-9H,5,10,16H2,(H,17,18). The van der Waals surface area contributed by atoms with Gasteiger partial charge in [-0.05, 0) is 29.8 Å². The molecule has 5 heteroatoms. The fraction of sp³-hybridized carbons (Fsp3) is 0.143. The van der Waals surface area contributed by atoms with Gasteiger partial charge in [0.2, 0.25) is 0 Å². The Morgan fingerprint density at radius 1 is 1.26 bits per heavy atom. The van der Waals surface area contributed by atoms with Gasteiger partial charge in [-0.1, -0.05) is 12.1 Å². The summed E-state index contributed by atoms with van der Waals surface area (Å²) in [5.74, 6) is 6.07. The number of benzene rings is 1. The van der Waals surface area contributed by atoms with Gasteiger partial charge in [-0.15, -0.1) is 0 Å². The van der Waals surface area contributed by atoms with E-state index in [1.165, 1.54) is 0 Å². The lowest BCUT2D eigenvalue weighted by Crippen LogP contribution is -2.08. The third-order valence-electron chi connectivity index (χ3n) is 2.58. The summed E-state index contributed by atoms with van der Waals surface area (Å²) in [6.45, 7) is 0.368. The lowest BCUT2D eigenvalue weighted by atomic mass is 10.2. The smallest absolute Gasteiger partial charge is 0.130 e. The van der Waals surface area contributed by atoms with Gasteiger partial charge < -0.3 is 10.2 Å². The molecule has 0 amide bonds. The number of hydrogen-bond donors (Lipinski definition) is 2. The first-order valence-electron chi connectivity index (χ1n) is 5.82. The largest absolute Gasteiger partial charge is 0.487 e. The predicted molar refractivity (Wildman–Crippen MR) is 72.1 cm³/mol. The Labute approximate surface area is 111 Å². The van der Waals surface area contributed by atoms with Crippen LogP contribution in [0.15, 0.2) is 42.6 Å². The van der Waals surface area contributed by atoms with Gasteiger partial charge in [0.15, 0.2) is 0 Å². The Morgan fingerprint density at radius 3 is 2.74 bits per heavy atom. The number of nitrogen functional groups attached to an aromatic ring is 1. The number of nitrogens with one attached hydrogen (secondary N) is 1. The molecule has 0 fully saturated rings. The van der Waals surface area contributed by atoms with Crippen LogP contribution < -0.4 is 16.0 Å². The molecule has 1 aromatic carbocycles. The number of rotatable bonds is 5. The van der Waals surface area contributed by atoms with E-state index in [0.717, 1.165) is 22.7 Å². The van der Waals surface area contributed by atoms with Crippen molar-refractivity contribution in [2.75, 3.05) is 5.43 Å². The monoisotopic (exact) mass is 254 g/mol. The molecule has 0 bridgehead atoms. The normalized spacial score (nSPS) is 9.68. The highest BCUT2D eigenvalue weighted by molar-refractivity contribution is 5.41. The summed E-state index contributed by atoms with van der Waals surface area (Å²) in [7, 11) is 0. The SMILES string of the molecule is N#CCc1ccc(OCc2cc(NN)ccn2)cc1. The zero-order chi connectivity index (χ0) is 13.5. The number of aromatic nitrogens is 1. The number of hydrazine groups is 1. The Hall–Kier alpha value is -2.58. The molecule has 3 N–H and O–H groups in total. The highest BCUT2D eigenvalue weighted by Gasteiger charge is 1.99. The zero-order valence-electron chi connectivity index (χ0n) is 10.3. The Kier molecular flexibility index (Phi) is 4.32. The molecule has 0 aliphatic heterocycles. The van der Waals surface area contributed by atoms with Crippen LogP contribution in [0, 0.1) is 11.3 Å². The van der Waals surface area contributed by atoms with Gasteiger partial charge >= 0.3 is 0 Å². The second-order valence-corrected chi connectivity index (χ2v) is 3.95. The number of anilines is 1. The average molecular weight is 254 g/mol. The summed E-state index contributed by atoms with van der Waals surface area (Å²) in [6.07, 6.45) is 2.08. The number of nitrogens with zero attached hydrogens (tertiary/aromatic N) is 2. The average Bonchev–Trinajstić information content (AvgIpc) is 2.47. The number of nitrogens with two attached hydrogens (primary N) is 1. The van der Waals surface area contributed by atoms with Crippen LogP contribution in [0.3, 0.4) is 0 Å². The molecule has 0 aliphatic carbocycles. The van der Waals surface area contributed by atoms with Crippen molar-refractivity contribution in [3.8, 4) is 11.8 Å². The minimum absolute atomic E-state index is 0.368. The molecule has 19 heavy (non-hydrogen) atoms. The summed E-state index contributed by atoms with van der Waals surface area (Å²) in [6, 6.07) is 13.2. The van der Waals surface area contributed by atoms with E-state index in [9.17, 15) is 0 Å². The lowest BCUT2D eigenvalue weighted by molar-refractivity contribution is 0.301. The third kappa shape index (κ3) is 3.69. The second kappa shape index (κ2) is 6.38. The Balaban J connectivity index is 1.96. The zero-order valence-corrected chi connectivity index (χ0v) is 10.3. The van der Waals surface area contributed by atoms with E-state index in [1.807, 2.05) is 30.3 Å². The van der Waals surface area contributed by atoms with Crippen LogP contribution in [0.1, 0.15) is 11.3 Å². The molecule has 0 saturated carbocycles. The topological polar surface area (TPSA) is 84.0 Å². The Morgan fingerprint density at radius 2 is 2.05 bits per heavy atom. The van der Waals surface area contributed by atoms with E-state index >= 15 is 0 Å². The second-order valence-electron chi connectivity index (χ2n) is 3.95. The van der Waals surface area contributed by atoms with Crippen molar-refractivity contribution in [2.24, 2.45) is 5.84 Å². The molecule has 0 radical (unpaired) electrons. The van der Waals surface area contributed by atoms with Crippen LogP contribution in [0.4, 0.5) is 5.69 Å². The van der Waals surface area contributed by atoms with Crippen LogP contribution >= 0.6 is 0 Å². The molecule has 0 spiro atoms. The summed E-state index contributed by atoms with van der Waals surface area (Å²) < 4.78 is 5.61. The number of ether oxygens (including phenoxy) is 1. The third-order valence-corrected chi connectivity index (χ3v) is 2.58. The van der Waals surface area contributed by atoms with Gasteiger partial charge in [0.05, 0.1) is 23.9 Å². The minimum Gasteiger partial charge on any atom is -0.487 e. The predicted octanol–water partition coefficient (Wildman–Crippen LogP) is 2.01. The molecule has 1 heterocycles. The minimum atomic E-state index is 0.368. The summed E-state index contributed by atoms with van der Waals surface area (Å²) in [5.41, 5.74) is 5.11. The first-order valence-corrected chi connectivity index (χ1v) is 5.82. The van der Waals surface area contributed by atoms with Gasteiger partial charge in [0.25, 0.3) is 0 Å². The molecule has 0 saturated heterocycles. The van der Waals surface area contributed by atoms with E-state index < -0.39 is 0 Å². The van der Waals surface area contributed by atoms with Crippen molar-refractivity contribution in [3.63, 3.8) is 0 Å². The summed E-state index contributed by atoms with van der Waals surface area (Å²) >= 11 is 0. The molecular formula is C14H14N4O. The molecule has 0 atom stereocenters. The Bertz CT molecular complexity index is 575. The van der Waals surface area contributed by atoms with Crippen molar-refractivity contribution in [1.29, 1.82) is 5.26 Å².